The van der Waals surface area contributed by atoms with Gasteiger partial charge in [-0.05, 0) is 43.9 Å². The third-order valence-corrected chi connectivity index (χ3v) is 6.36. The molecule has 1 aliphatic heterocycles. The predicted molar refractivity (Wildman–Crippen MR) is 108 cm³/mol. The van der Waals surface area contributed by atoms with Crippen LogP contribution in [0.25, 0.3) is 0 Å². The van der Waals surface area contributed by atoms with E-state index >= 15 is 0 Å². The highest BCUT2D eigenvalue weighted by Crippen LogP contribution is 2.24. The van der Waals surface area contributed by atoms with Crippen molar-refractivity contribution in [1.82, 2.24) is 15.1 Å². The summed E-state index contributed by atoms with van der Waals surface area (Å²) >= 11 is 5.90. The van der Waals surface area contributed by atoms with Crippen molar-refractivity contribution in [3.63, 3.8) is 0 Å². The van der Waals surface area contributed by atoms with Gasteiger partial charge in [-0.1, -0.05) is 31.4 Å². The summed E-state index contributed by atoms with van der Waals surface area (Å²) in [6.07, 6.45) is 4.63. The monoisotopic (exact) mass is 409 g/mol. The van der Waals surface area contributed by atoms with Crippen molar-refractivity contribution in [2.24, 2.45) is 5.92 Å². The number of rotatable bonds is 4. The fourth-order valence-corrected chi connectivity index (χ4v) is 4.32. The summed E-state index contributed by atoms with van der Waals surface area (Å²) in [7, 11) is 0. The molecule has 1 saturated carbocycles. The maximum absolute atomic E-state index is 14.0. The average molecular weight is 410 g/mol. The number of hydrogen-bond donors (Lipinski definition) is 1. The predicted octanol–water partition coefficient (Wildman–Crippen LogP) is 3.32. The largest absolute Gasteiger partial charge is 0.352 e. The Morgan fingerprint density at radius 1 is 1.18 bits per heavy atom. The van der Waals surface area contributed by atoms with Crippen LogP contribution in [0.3, 0.4) is 0 Å². The van der Waals surface area contributed by atoms with E-state index < -0.39 is 5.82 Å². The maximum Gasteiger partial charge on any atom is 0.256 e. The van der Waals surface area contributed by atoms with Crippen LogP contribution < -0.4 is 5.32 Å². The van der Waals surface area contributed by atoms with Gasteiger partial charge in [-0.15, -0.1) is 0 Å². The van der Waals surface area contributed by atoms with Crippen LogP contribution in [0.4, 0.5) is 4.39 Å². The standard InChI is InChI=1S/C21H29ClFN3O2/c1-14-5-3-4-6-19(14)24-20(27)15(2)25-9-11-26(12-10-25)21(28)17-13-16(22)7-8-18(17)23/h7-8,13-15,19H,3-6,9-12H2,1-2H3,(H,24,27). The molecule has 5 nitrogen and oxygen atoms in total. The first-order valence-electron chi connectivity index (χ1n) is 10.2. The quantitative estimate of drug-likeness (QED) is 0.829. The Balaban J connectivity index is 1.53. The number of amides is 2. The van der Waals surface area contributed by atoms with Crippen LogP contribution in [0.1, 0.15) is 49.9 Å². The summed E-state index contributed by atoms with van der Waals surface area (Å²) in [5.41, 5.74) is -0.00183. The lowest BCUT2D eigenvalue weighted by Crippen LogP contribution is -2.56. The molecule has 0 radical (unpaired) electrons. The minimum Gasteiger partial charge on any atom is -0.352 e. The Morgan fingerprint density at radius 2 is 1.86 bits per heavy atom. The first-order chi connectivity index (χ1) is 13.4. The molecule has 1 heterocycles. The third-order valence-electron chi connectivity index (χ3n) is 6.13. The number of nitrogens with zero attached hydrogens (tertiary/aromatic N) is 2. The van der Waals surface area contributed by atoms with Crippen molar-refractivity contribution in [1.29, 1.82) is 0 Å². The number of nitrogens with one attached hydrogen (secondary N) is 1. The molecular weight excluding hydrogens is 381 g/mol. The van der Waals surface area contributed by atoms with Gasteiger partial charge >= 0.3 is 0 Å². The Hall–Kier alpha value is -1.66. The molecule has 1 saturated heterocycles. The Labute approximate surface area is 171 Å². The molecule has 2 fully saturated rings. The molecule has 2 aliphatic rings. The zero-order valence-corrected chi connectivity index (χ0v) is 17.3. The van der Waals surface area contributed by atoms with Crippen LogP contribution in [0, 0.1) is 11.7 Å². The lowest BCUT2D eigenvalue weighted by atomic mass is 9.86. The van der Waals surface area contributed by atoms with E-state index in [2.05, 4.69) is 17.1 Å². The van der Waals surface area contributed by atoms with Crippen molar-refractivity contribution in [2.45, 2.75) is 51.6 Å². The molecule has 2 amide bonds. The number of hydrogen-bond acceptors (Lipinski definition) is 3. The molecule has 0 aromatic heterocycles. The summed E-state index contributed by atoms with van der Waals surface area (Å²) < 4.78 is 14.0. The molecule has 154 valence electrons. The SMILES string of the molecule is CC1CCCCC1NC(=O)C(C)N1CCN(C(=O)c2cc(Cl)ccc2F)CC1. The molecule has 1 aliphatic carbocycles. The van der Waals surface area contributed by atoms with E-state index in [9.17, 15) is 14.0 Å². The van der Waals surface area contributed by atoms with Crippen molar-refractivity contribution < 1.29 is 14.0 Å². The molecule has 3 atom stereocenters. The van der Waals surface area contributed by atoms with E-state index in [-0.39, 0.29) is 29.5 Å². The number of benzene rings is 1. The van der Waals surface area contributed by atoms with Gasteiger partial charge in [-0.25, -0.2) is 4.39 Å². The Kier molecular flexibility index (Phi) is 6.94. The molecule has 1 aromatic rings. The number of carbonyl (C=O) groups is 2. The summed E-state index contributed by atoms with van der Waals surface area (Å²) in [5.74, 6) is -0.342. The Morgan fingerprint density at radius 3 is 2.54 bits per heavy atom. The van der Waals surface area contributed by atoms with Gasteiger partial charge in [0.2, 0.25) is 5.91 Å². The highest BCUT2D eigenvalue weighted by molar-refractivity contribution is 6.31. The van der Waals surface area contributed by atoms with E-state index in [1.807, 2.05) is 6.92 Å². The molecule has 0 bridgehead atoms. The van der Waals surface area contributed by atoms with Crippen LogP contribution in [0.5, 0.6) is 0 Å². The molecule has 1 aromatic carbocycles. The molecule has 3 unspecified atom stereocenters. The fourth-order valence-electron chi connectivity index (χ4n) is 4.14. The normalized spacial score (nSPS) is 24.6. The molecule has 7 heteroatoms. The second-order valence-electron chi connectivity index (χ2n) is 8.01. The van der Waals surface area contributed by atoms with Crippen molar-refractivity contribution >= 4 is 23.4 Å². The van der Waals surface area contributed by atoms with Gasteiger partial charge in [0.25, 0.3) is 5.91 Å². The summed E-state index contributed by atoms with van der Waals surface area (Å²) in [6, 6.07) is 4.03. The summed E-state index contributed by atoms with van der Waals surface area (Å²) in [4.78, 5) is 29.0. The van der Waals surface area contributed by atoms with Gasteiger partial charge in [-0.2, -0.15) is 0 Å². The average Bonchev–Trinajstić information content (AvgIpc) is 2.70. The minimum absolute atomic E-state index is 0.00183. The topological polar surface area (TPSA) is 52.7 Å². The molecule has 28 heavy (non-hydrogen) atoms. The third kappa shape index (κ3) is 4.84. The van der Waals surface area contributed by atoms with E-state index in [0.717, 1.165) is 6.42 Å². The van der Waals surface area contributed by atoms with Crippen molar-refractivity contribution in [3.8, 4) is 0 Å². The first kappa shape index (κ1) is 21.1. The number of piperazine rings is 1. The molecule has 1 N–H and O–H groups in total. The highest BCUT2D eigenvalue weighted by atomic mass is 35.5. The van der Waals surface area contributed by atoms with Crippen LogP contribution in [0.2, 0.25) is 5.02 Å². The molecule has 3 rings (SSSR count). The highest BCUT2D eigenvalue weighted by Gasteiger charge is 2.31. The molecular formula is C21H29ClFN3O2. The van der Waals surface area contributed by atoms with Crippen LogP contribution in [-0.2, 0) is 4.79 Å². The fraction of sp³-hybridized carbons (Fsp3) is 0.619. The lowest BCUT2D eigenvalue weighted by molar-refractivity contribution is -0.127. The smallest absolute Gasteiger partial charge is 0.256 e. The van der Waals surface area contributed by atoms with Crippen LogP contribution in [-0.4, -0.2) is 59.9 Å². The summed E-state index contributed by atoms with van der Waals surface area (Å²) in [5, 5.41) is 3.55. The molecule has 0 spiro atoms. The van der Waals surface area contributed by atoms with Gasteiger partial charge in [-0.3, -0.25) is 14.5 Å². The van der Waals surface area contributed by atoms with E-state index in [0.29, 0.717) is 37.1 Å². The second kappa shape index (κ2) is 9.23. The van der Waals surface area contributed by atoms with Gasteiger partial charge in [0, 0.05) is 37.2 Å². The maximum atomic E-state index is 14.0. The number of carbonyl (C=O) groups excluding carboxylic acids is 2. The van der Waals surface area contributed by atoms with E-state index in [4.69, 9.17) is 11.6 Å². The first-order valence-corrected chi connectivity index (χ1v) is 10.5. The van der Waals surface area contributed by atoms with Gasteiger partial charge in [0.1, 0.15) is 5.82 Å². The summed E-state index contributed by atoms with van der Waals surface area (Å²) in [6.45, 7) is 6.21. The van der Waals surface area contributed by atoms with Gasteiger partial charge in [0.05, 0.1) is 11.6 Å². The van der Waals surface area contributed by atoms with Gasteiger partial charge < -0.3 is 10.2 Å². The number of halogens is 2. The van der Waals surface area contributed by atoms with E-state index in [1.54, 1.807) is 4.90 Å². The zero-order valence-electron chi connectivity index (χ0n) is 16.6. The van der Waals surface area contributed by atoms with E-state index in [1.165, 1.54) is 37.5 Å². The van der Waals surface area contributed by atoms with Crippen molar-refractivity contribution in [2.75, 3.05) is 26.2 Å². The van der Waals surface area contributed by atoms with Crippen LogP contribution >= 0.6 is 11.6 Å². The second-order valence-corrected chi connectivity index (χ2v) is 8.44. The van der Waals surface area contributed by atoms with Crippen LogP contribution in [0.15, 0.2) is 18.2 Å². The lowest BCUT2D eigenvalue weighted by Gasteiger charge is -2.38. The Bertz CT molecular complexity index is 722. The van der Waals surface area contributed by atoms with Crippen molar-refractivity contribution in [3.05, 3.63) is 34.6 Å². The minimum atomic E-state index is -0.564. The van der Waals surface area contributed by atoms with Gasteiger partial charge in [0.15, 0.2) is 0 Å². The zero-order chi connectivity index (χ0) is 20.3.